The average Bonchev–Trinajstić information content (AvgIpc) is 3.00. The van der Waals surface area contributed by atoms with E-state index < -0.39 is 0 Å². The Bertz CT molecular complexity index is 1260. The molecule has 0 unspecified atom stereocenters. The zero-order valence-corrected chi connectivity index (χ0v) is 31.9. The molecule has 0 N–H and O–H groups in total. The van der Waals surface area contributed by atoms with E-state index in [0.29, 0.717) is 91.4 Å². The minimum Gasteiger partial charge on any atom is -0.493 e. The van der Waals surface area contributed by atoms with Gasteiger partial charge in [0.1, 0.15) is 11.3 Å². The van der Waals surface area contributed by atoms with Crippen molar-refractivity contribution >= 4 is 11.9 Å². The Morgan fingerprint density at radius 1 is 0.521 bits per heavy atom. The molecular weight excluding hydrogens is 608 g/mol. The zero-order chi connectivity index (χ0) is 36.0. The Labute approximate surface area is 290 Å². The molecule has 2 aromatic rings. The summed E-state index contributed by atoms with van der Waals surface area (Å²) in [6.07, 6.45) is 3.25. The molecule has 0 amide bonds. The van der Waals surface area contributed by atoms with Gasteiger partial charge in [-0.2, -0.15) is 0 Å². The number of rotatable bonds is 22. The topological polar surface area (TPSA) is 81.7 Å². The monoisotopic (exact) mass is 670 g/mol. The van der Waals surface area contributed by atoms with Gasteiger partial charge >= 0.3 is 0 Å². The molecule has 0 saturated carbocycles. The fourth-order valence-corrected chi connectivity index (χ4v) is 4.21. The van der Waals surface area contributed by atoms with Gasteiger partial charge in [-0.05, 0) is 53.7 Å². The normalized spacial score (nSPS) is 11.8. The summed E-state index contributed by atoms with van der Waals surface area (Å²) in [5.74, 6) is 4.49. The van der Waals surface area contributed by atoms with Crippen LogP contribution in [0.5, 0.6) is 40.2 Å². The predicted octanol–water partition coefficient (Wildman–Crippen LogP) is 9.80. The number of hydrogen-bond donors (Lipinski definition) is 0. The van der Waals surface area contributed by atoms with E-state index in [1.54, 1.807) is 19.3 Å². The van der Waals surface area contributed by atoms with Crippen molar-refractivity contribution in [3.63, 3.8) is 0 Å². The molecule has 2 aromatic carbocycles. The average molecular weight is 671 g/mol. The lowest BCUT2D eigenvalue weighted by Gasteiger charge is -2.23. The van der Waals surface area contributed by atoms with Crippen molar-refractivity contribution in [2.75, 3.05) is 46.8 Å². The number of carbonyl (C=O) groups excluding carboxylic acids is 1. The van der Waals surface area contributed by atoms with E-state index in [2.05, 4.69) is 83.1 Å². The van der Waals surface area contributed by atoms with Crippen LogP contribution in [0.2, 0.25) is 0 Å². The molecule has 0 heterocycles. The lowest BCUT2D eigenvalue weighted by molar-refractivity contribution is 0.103. The standard InChI is InChI=1S/C40H62O8/c1-25(2)19-43-32-16-31(38(34(17-32)42-13)46-22-28(7)8)14-15-33(41)37-39(47-23-29(9)10)35(44-20-26(3)4)18-36(45-21-27(5)6)40(37)48-24-30(11)12/h14-18,25-30H,19-24H2,1-13H3/b15-14-. The summed E-state index contributed by atoms with van der Waals surface area (Å²) in [6, 6.07) is 5.49. The van der Waals surface area contributed by atoms with Crippen LogP contribution >= 0.6 is 0 Å². The maximum absolute atomic E-state index is 14.5. The van der Waals surface area contributed by atoms with E-state index in [9.17, 15) is 4.79 Å². The fourth-order valence-electron chi connectivity index (χ4n) is 4.21. The molecule has 0 aliphatic carbocycles. The summed E-state index contributed by atoms with van der Waals surface area (Å²) in [5.41, 5.74) is 0.913. The lowest BCUT2D eigenvalue weighted by Crippen LogP contribution is -2.16. The molecule has 0 spiro atoms. The van der Waals surface area contributed by atoms with E-state index in [0.717, 1.165) is 0 Å². The van der Waals surface area contributed by atoms with E-state index in [1.165, 1.54) is 6.08 Å². The van der Waals surface area contributed by atoms with Crippen LogP contribution in [0.15, 0.2) is 24.3 Å². The van der Waals surface area contributed by atoms with Crippen molar-refractivity contribution in [3.05, 3.63) is 35.4 Å². The smallest absolute Gasteiger partial charge is 0.193 e. The molecule has 0 saturated heterocycles. The van der Waals surface area contributed by atoms with Crippen molar-refractivity contribution in [2.24, 2.45) is 35.5 Å². The number of hydrogen-bond acceptors (Lipinski definition) is 8. The van der Waals surface area contributed by atoms with Crippen LogP contribution in [0.25, 0.3) is 6.08 Å². The van der Waals surface area contributed by atoms with E-state index in [-0.39, 0.29) is 40.9 Å². The van der Waals surface area contributed by atoms with Gasteiger partial charge in [0.05, 0.1) is 46.8 Å². The number of ketones is 1. The number of carbonyl (C=O) groups is 1. The van der Waals surface area contributed by atoms with Gasteiger partial charge in [0.2, 0.25) is 0 Å². The first-order chi connectivity index (χ1) is 22.6. The summed E-state index contributed by atoms with van der Waals surface area (Å²) in [5, 5.41) is 0. The molecule has 0 bridgehead atoms. The summed E-state index contributed by atoms with van der Waals surface area (Å²) in [4.78, 5) is 14.5. The van der Waals surface area contributed by atoms with E-state index in [4.69, 9.17) is 33.2 Å². The SMILES string of the molecule is COc1cc(OCC(C)C)cc(/C=C\C(=O)c2c(OCC(C)C)c(OCC(C)C)cc(OCC(C)C)c2OCC(C)C)c1OCC(C)C. The largest absolute Gasteiger partial charge is 0.493 e. The van der Waals surface area contributed by atoms with Crippen molar-refractivity contribution in [2.45, 2.75) is 83.1 Å². The third-order valence-corrected chi connectivity index (χ3v) is 6.51. The molecule has 8 nitrogen and oxygen atoms in total. The maximum atomic E-state index is 14.5. The highest BCUT2D eigenvalue weighted by molar-refractivity contribution is 6.12. The minimum atomic E-state index is -0.320. The number of ether oxygens (including phenoxy) is 7. The predicted molar refractivity (Wildman–Crippen MR) is 195 cm³/mol. The van der Waals surface area contributed by atoms with Crippen molar-refractivity contribution in [1.29, 1.82) is 0 Å². The van der Waals surface area contributed by atoms with Crippen LogP contribution in [-0.2, 0) is 0 Å². The Kier molecular flexibility index (Phi) is 17.0. The summed E-state index contributed by atoms with van der Waals surface area (Å²) < 4.78 is 43.4. The van der Waals surface area contributed by atoms with Crippen molar-refractivity contribution < 1.29 is 38.0 Å². The molecule has 8 heteroatoms. The molecule has 270 valence electrons. The van der Waals surface area contributed by atoms with Gasteiger partial charge in [-0.3, -0.25) is 4.79 Å². The minimum absolute atomic E-state index is 0.208. The Hall–Kier alpha value is -3.55. The number of benzene rings is 2. The van der Waals surface area contributed by atoms with Gasteiger partial charge in [0.15, 0.2) is 40.3 Å². The highest BCUT2D eigenvalue weighted by Crippen LogP contribution is 2.46. The van der Waals surface area contributed by atoms with Crippen LogP contribution in [0, 0.1) is 35.5 Å². The van der Waals surface area contributed by atoms with Crippen LogP contribution in [0.1, 0.15) is 99.0 Å². The Balaban J connectivity index is 2.84. The van der Waals surface area contributed by atoms with E-state index >= 15 is 0 Å². The van der Waals surface area contributed by atoms with Gasteiger partial charge in [0.25, 0.3) is 0 Å². The second-order valence-corrected chi connectivity index (χ2v) is 14.9. The van der Waals surface area contributed by atoms with Gasteiger partial charge in [-0.15, -0.1) is 0 Å². The fraction of sp³-hybridized carbons (Fsp3) is 0.625. The van der Waals surface area contributed by atoms with Gasteiger partial charge in [-0.1, -0.05) is 83.1 Å². The van der Waals surface area contributed by atoms with Crippen LogP contribution in [0.4, 0.5) is 0 Å². The molecule has 2 rings (SSSR count). The molecule has 0 radical (unpaired) electrons. The molecule has 48 heavy (non-hydrogen) atoms. The van der Waals surface area contributed by atoms with Crippen LogP contribution < -0.4 is 33.2 Å². The second kappa shape index (κ2) is 20.1. The Morgan fingerprint density at radius 2 is 0.917 bits per heavy atom. The molecule has 0 atom stereocenters. The van der Waals surface area contributed by atoms with Gasteiger partial charge in [-0.25, -0.2) is 0 Å². The zero-order valence-electron chi connectivity index (χ0n) is 31.9. The second-order valence-electron chi connectivity index (χ2n) is 14.9. The first-order valence-corrected chi connectivity index (χ1v) is 17.5. The Morgan fingerprint density at radius 3 is 1.33 bits per heavy atom. The van der Waals surface area contributed by atoms with Crippen LogP contribution in [-0.4, -0.2) is 52.5 Å². The molecule has 0 fully saturated rings. The number of methoxy groups -OCH3 is 1. The summed E-state index contributed by atoms with van der Waals surface area (Å²) >= 11 is 0. The molecular formula is C40H62O8. The lowest BCUT2D eigenvalue weighted by atomic mass is 10.0. The van der Waals surface area contributed by atoms with E-state index in [1.807, 2.05) is 12.1 Å². The number of allylic oxidation sites excluding steroid dienone is 1. The highest BCUT2D eigenvalue weighted by atomic mass is 16.5. The summed E-state index contributed by atoms with van der Waals surface area (Å²) in [6.45, 7) is 27.6. The first-order valence-electron chi connectivity index (χ1n) is 17.5. The molecule has 0 aliphatic rings. The third kappa shape index (κ3) is 13.5. The molecule has 0 aliphatic heterocycles. The van der Waals surface area contributed by atoms with Crippen molar-refractivity contribution in [3.8, 4) is 40.2 Å². The third-order valence-electron chi connectivity index (χ3n) is 6.51. The first kappa shape index (κ1) is 40.6. The quantitative estimate of drug-likeness (QED) is 0.0905. The van der Waals surface area contributed by atoms with Gasteiger partial charge < -0.3 is 33.2 Å². The summed E-state index contributed by atoms with van der Waals surface area (Å²) in [7, 11) is 1.60. The van der Waals surface area contributed by atoms with Gasteiger partial charge in [0, 0.05) is 17.7 Å². The molecule has 0 aromatic heterocycles. The van der Waals surface area contributed by atoms with Crippen LogP contribution in [0.3, 0.4) is 0 Å². The maximum Gasteiger partial charge on any atom is 0.193 e. The van der Waals surface area contributed by atoms with Crippen molar-refractivity contribution in [1.82, 2.24) is 0 Å². The highest BCUT2D eigenvalue weighted by Gasteiger charge is 2.28.